The standard InChI is InChI=1S/C24H46O12S/c1-3-5-7-9-10-12-14-32-16-18(34-20(26)13-11-8-6-4-2)17-33-24-22(28)23(36-37(29,30)31)21(27)19(15-25)35-24/h18-19,21-25,27-28H,3-17H2,1-2H3,(H,29,30,31). The fourth-order valence-corrected chi connectivity index (χ4v) is 4.41. The van der Waals surface area contributed by atoms with E-state index in [0.717, 1.165) is 38.5 Å². The van der Waals surface area contributed by atoms with E-state index in [-0.39, 0.29) is 19.6 Å². The van der Waals surface area contributed by atoms with Crippen molar-refractivity contribution in [2.75, 3.05) is 26.4 Å². The van der Waals surface area contributed by atoms with Crippen molar-refractivity contribution in [1.82, 2.24) is 0 Å². The summed E-state index contributed by atoms with van der Waals surface area (Å²) in [6, 6.07) is 0. The second-order valence-corrected chi connectivity index (χ2v) is 10.3. The first-order valence-electron chi connectivity index (χ1n) is 13.3. The number of aliphatic hydroxyl groups is 3. The van der Waals surface area contributed by atoms with E-state index in [1.54, 1.807) is 0 Å². The van der Waals surface area contributed by atoms with Gasteiger partial charge in [0.2, 0.25) is 0 Å². The first-order chi connectivity index (χ1) is 17.6. The molecule has 1 aliphatic rings. The van der Waals surface area contributed by atoms with Gasteiger partial charge in [0.15, 0.2) is 6.29 Å². The van der Waals surface area contributed by atoms with Crippen LogP contribution in [0.1, 0.15) is 84.5 Å². The molecule has 4 N–H and O–H groups in total. The zero-order chi connectivity index (χ0) is 27.7. The second kappa shape index (κ2) is 19.2. The Labute approximate surface area is 220 Å². The summed E-state index contributed by atoms with van der Waals surface area (Å²) in [7, 11) is -5.03. The Morgan fingerprint density at radius 3 is 2.16 bits per heavy atom. The molecular formula is C24H46O12S. The first-order valence-corrected chi connectivity index (χ1v) is 14.7. The monoisotopic (exact) mass is 558 g/mol. The maximum atomic E-state index is 12.3. The highest BCUT2D eigenvalue weighted by atomic mass is 32.3. The molecular weight excluding hydrogens is 512 g/mol. The summed E-state index contributed by atoms with van der Waals surface area (Å²) >= 11 is 0. The third-order valence-electron chi connectivity index (χ3n) is 5.98. The van der Waals surface area contributed by atoms with Crippen molar-refractivity contribution in [1.29, 1.82) is 0 Å². The Morgan fingerprint density at radius 2 is 1.54 bits per heavy atom. The summed E-state index contributed by atoms with van der Waals surface area (Å²) in [5.41, 5.74) is 0. The highest BCUT2D eigenvalue weighted by molar-refractivity contribution is 7.80. The molecule has 0 amide bonds. The Hall–Kier alpha value is -0.900. The third kappa shape index (κ3) is 14.7. The van der Waals surface area contributed by atoms with Crippen LogP contribution in [0.3, 0.4) is 0 Å². The zero-order valence-electron chi connectivity index (χ0n) is 22.0. The van der Waals surface area contributed by atoms with E-state index in [9.17, 15) is 28.5 Å². The molecule has 0 spiro atoms. The quantitative estimate of drug-likeness (QED) is 0.0915. The van der Waals surface area contributed by atoms with Crippen molar-refractivity contribution in [2.24, 2.45) is 0 Å². The van der Waals surface area contributed by atoms with Crippen molar-refractivity contribution in [2.45, 2.75) is 121 Å². The van der Waals surface area contributed by atoms with E-state index in [1.165, 1.54) is 19.3 Å². The molecule has 0 aromatic carbocycles. The minimum absolute atomic E-state index is 0.0372. The average molecular weight is 559 g/mol. The normalized spacial score (nSPS) is 25.2. The van der Waals surface area contributed by atoms with Crippen LogP contribution in [0.2, 0.25) is 0 Å². The Morgan fingerprint density at radius 1 is 0.919 bits per heavy atom. The number of esters is 1. The topological polar surface area (TPSA) is 178 Å². The maximum Gasteiger partial charge on any atom is 0.397 e. The molecule has 12 nitrogen and oxygen atoms in total. The van der Waals surface area contributed by atoms with Crippen molar-refractivity contribution >= 4 is 16.4 Å². The Kier molecular flexibility index (Phi) is 17.7. The number of carbonyl (C=O) groups excluding carboxylic acids is 1. The summed E-state index contributed by atoms with van der Waals surface area (Å²) in [4.78, 5) is 12.3. The lowest BCUT2D eigenvalue weighted by molar-refractivity contribution is -0.301. The van der Waals surface area contributed by atoms with Crippen LogP contribution in [-0.2, 0) is 38.3 Å². The van der Waals surface area contributed by atoms with E-state index in [4.69, 9.17) is 23.5 Å². The molecule has 1 saturated heterocycles. The van der Waals surface area contributed by atoms with Gasteiger partial charge in [0.25, 0.3) is 0 Å². The van der Waals surface area contributed by atoms with Gasteiger partial charge in [-0.05, 0) is 12.8 Å². The SMILES string of the molecule is CCCCCCCCOCC(COC1OC(CO)C(O)C(OS(=O)(=O)O)C1O)OC(=O)CCCCCC. The van der Waals surface area contributed by atoms with Gasteiger partial charge >= 0.3 is 16.4 Å². The maximum absolute atomic E-state index is 12.3. The molecule has 0 saturated carbocycles. The molecule has 0 aliphatic carbocycles. The lowest BCUT2D eigenvalue weighted by Gasteiger charge is -2.41. The van der Waals surface area contributed by atoms with Crippen LogP contribution in [0.25, 0.3) is 0 Å². The number of rotatable bonds is 21. The van der Waals surface area contributed by atoms with Crippen LogP contribution >= 0.6 is 0 Å². The van der Waals surface area contributed by atoms with Gasteiger partial charge in [0, 0.05) is 13.0 Å². The van der Waals surface area contributed by atoms with Crippen LogP contribution in [0.15, 0.2) is 0 Å². The molecule has 6 unspecified atom stereocenters. The average Bonchev–Trinajstić information content (AvgIpc) is 2.84. The number of aliphatic hydroxyl groups excluding tert-OH is 3. The molecule has 1 rings (SSSR count). The third-order valence-corrected chi connectivity index (χ3v) is 6.44. The summed E-state index contributed by atoms with van der Waals surface area (Å²) in [5, 5.41) is 30.0. The van der Waals surface area contributed by atoms with Crippen molar-refractivity contribution in [3.05, 3.63) is 0 Å². The lowest BCUT2D eigenvalue weighted by Crippen LogP contribution is -2.60. The van der Waals surface area contributed by atoms with Crippen LogP contribution in [0, 0.1) is 0 Å². The first kappa shape index (κ1) is 34.1. The summed E-state index contributed by atoms with van der Waals surface area (Å²) in [6.07, 6.45) is 1.25. The van der Waals surface area contributed by atoms with Gasteiger partial charge in [-0.2, -0.15) is 8.42 Å². The molecule has 0 radical (unpaired) electrons. The minimum atomic E-state index is -5.03. The molecule has 13 heteroatoms. The lowest BCUT2D eigenvalue weighted by atomic mass is 9.99. The van der Waals surface area contributed by atoms with Crippen molar-refractivity contribution in [3.8, 4) is 0 Å². The number of ether oxygens (including phenoxy) is 4. The molecule has 0 bridgehead atoms. The number of unbranched alkanes of at least 4 members (excludes halogenated alkanes) is 8. The number of hydrogen-bond acceptors (Lipinski definition) is 11. The van der Waals surface area contributed by atoms with E-state index >= 15 is 0 Å². The zero-order valence-corrected chi connectivity index (χ0v) is 22.9. The summed E-state index contributed by atoms with van der Waals surface area (Å²) in [6.45, 7) is 3.72. The van der Waals surface area contributed by atoms with E-state index < -0.39 is 59.8 Å². The summed E-state index contributed by atoms with van der Waals surface area (Å²) in [5.74, 6) is -0.422. The molecule has 0 aromatic heterocycles. The molecule has 220 valence electrons. The fraction of sp³-hybridized carbons (Fsp3) is 0.958. The molecule has 1 aliphatic heterocycles. The van der Waals surface area contributed by atoms with Gasteiger partial charge in [-0.25, -0.2) is 4.18 Å². The molecule has 6 atom stereocenters. The van der Waals surface area contributed by atoms with Crippen LogP contribution in [-0.4, -0.2) is 97.5 Å². The predicted octanol–water partition coefficient (Wildman–Crippen LogP) is 1.89. The summed E-state index contributed by atoms with van der Waals surface area (Å²) < 4.78 is 57.7. The number of carbonyl (C=O) groups is 1. The van der Waals surface area contributed by atoms with Crippen LogP contribution in [0.4, 0.5) is 0 Å². The van der Waals surface area contributed by atoms with E-state index in [0.29, 0.717) is 13.0 Å². The van der Waals surface area contributed by atoms with Gasteiger partial charge in [-0.15, -0.1) is 0 Å². The fourth-order valence-electron chi connectivity index (χ4n) is 3.90. The predicted molar refractivity (Wildman–Crippen MR) is 133 cm³/mol. The highest BCUT2D eigenvalue weighted by Crippen LogP contribution is 2.25. The van der Waals surface area contributed by atoms with Gasteiger partial charge < -0.3 is 34.3 Å². The van der Waals surface area contributed by atoms with E-state index in [2.05, 4.69) is 18.0 Å². The van der Waals surface area contributed by atoms with Crippen LogP contribution in [0.5, 0.6) is 0 Å². The van der Waals surface area contributed by atoms with Gasteiger partial charge in [0.05, 0.1) is 19.8 Å². The second-order valence-electron chi connectivity index (χ2n) is 9.29. The van der Waals surface area contributed by atoms with E-state index in [1.807, 2.05) is 0 Å². The molecule has 37 heavy (non-hydrogen) atoms. The van der Waals surface area contributed by atoms with Crippen LogP contribution < -0.4 is 0 Å². The number of hydrogen-bond donors (Lipinski definition) is 4. The largest absolute Gasteiger partial charge is 0.457 e. The van der Waals surface area contributed by atoms with Crippen molar-refractivity contribution < 1.29 is 56.2 Å². The van der Waals surface area contributed by atoms with Gasteiger partial charge in [-0.3, -0.25) is 9.35 Å². The van der Waals surface area contributed by atoms with Gasteiger partial charge in [-0.1, -0.05) is 65.2 Å². The molecule has 1 heterocycles. The molecule has 1 fully saturated rings. The highest BCUT2D eigenvalue weighted by Gasteiger charge is 2.48. The Balaban J connectivity index is 2.69. The Bertz CT molecular complexity index is 704. The molecule has 0 aromatic rings. The smallest absolute Gasteiger partial charge is 0.397 e. The minimum Gasteiger partial charge on any atom is -0.457 e. The van der Waals surface area contributed by atoms with Crippen molar-refractivity contribution in [3.63, 3.8) is 0 Å². The van der Waals surface area contributed by atoms with Gasteiger partial charge in [0.1, 0.15) is 30.5 Å².